The van der Waals surface area contributed by atoms with Crippen molar-refractivity contribution in [2.45, 2.75) is 26.7 Å². The zero-order valence-electron chi connectivity index (χ0n) is 14.2. The number of aromatic amines is 1. The summed E-state index contributed by atoms with van der Waals surface area (Å²) in [5.41, 5.74) is 2.95. The number of carbonyl (C=O) groups is 1. The Labute approximate surface area is 132 Å². The second-order valence-electron chi connectivity index (χ2n) is 6.31. The van der Waals surface area contributed by atoms with Gasteiger partial charge in [0.15, 0.2) is 0 Å². The standard InChI is InChI=1S/C16H28N4O2/c1-12-15(13(2)18-17-12)9-16(21)19(3)10-14-5-6-20(11-14)7-8-22-4/h14H,5-11H2,1-4H3,(H,17,18). The summed E-state index contributed by atoms with van der Waals surface area (Å²) in [7, 11) is 3.64. The Kier molecular flexibility index (Phi) is 5.97. The van der Waals surface area contributed by atoms with E-state index < -0.39 is 0 Å². The summed E-state index contributed by atoms with van der Waals surface area (Å²) in [5, 5.41) is 7.10. The van der Waals surface area contributed by atoms with E-state index in [2.05, 4.69) is 15.1 Å². The molecule has 0 spiro atoms. The average molecular weight is 308 g/mol. The van der Waals surface area contributed by atoms with Crippen molar-refractivity contribution in [2.24, 2.45) is 5.92 Å². The number of methoxy groups -OCH3 is 1. The molecule has 0 bridgehead atoms. The highest BCUT2D eigenvalue weighted by atomic mass is 16.5. The fourth-order valence-electron chi connectivity index (χ4n) is 3.10. The lowest BCUT2D eigenvalue weighted by Crippen LogP contribution is -2.34. The van der Waals surface area contributed by atoms with Crippen LogP contribution in [0.3, 0.4) is 0 Å². The predicted molar refractivity (Wildman–Crippen MR) is 85.8 cm³/mol. The van der Waals surface area contributed by atoms with Crippen molar-refractivity contribution in [2.75, 3.05) is 46.9 Å². The molecule has 1 saturated heterocycles. The highest BCUT2D eigenvalue weighted by molar-refractivity contribution is 5.79. The van der Waals surface area contributed by atoms with Gasteiger partial charge in [-0.1, -0.05) is 0 Å². The van der Waals surface area contributed by atoms with Crippen LogP contribution in [0.5, 0.6) is 0 Å². The fourth-order valence-corrected chi connectivity index (χ4v) is 3.10. The smallest absolute Gasteiger partial charge is 0.226 e. The van der Waals surface area contributed by atoms with E-state index in [9.17, 15) is 4.79 Å². The number of aryl methyl sites for hydroxylation is 2. The molecule has 0 saturated carbocycles. The van der Waals surface area contributed by atoms with Gasteiger partial charge in [0.05, 0.1) is 18.7 Å². The number of hydrogen-bond donors (Lipinski definition) is 1. The van der Waals surface area contributed by atoms with E-state index in [-0.39, 0.29) is 5.91 Å². The van der Waals surface area contributed by atoms with Crippen LogP contribution in [0.4, 0.5) is 0 Å². The third-order valence-corrected chi connectivity index (χ3v) is 4.55. The summed E-state index contributed by atoms with van der Waals surface area (Å²) in [4.78, 5) is 16.7. The molecule has 1 aliphatic rings. The minimum atomic E-state index is 0.169. The predicted octanol–water partition coefficient (Wildman–Crippen LogP) is 0.996. The molecule has 0 aromatic carbocycles. The van der Waals surface area contributed by atoms with Gasteiger partial charge in [0.25, 0.3) is 0 Å². The van der Waals surface area contributed by atoms with Crippen molar-refractivity contribution in [3.05, 3.63) is 17.0 Å². The number of H-pyrrole nitrogens is 1. The number of hydrogen-bond acceptors (Lipinski definition) is 4. The molecule has 1 fully saturated rings. The van der Waals surface area contributed by atoms with Gasteiger partial charge in [-0.15, -0.1) is 0 Å². The zero-order valence-corrected chi connectivity index (χ0v) is 14.2. The minimum absolute atomic E-state index is 0.169. The van der Waals surface area contributed by atoms with Crippen molar-refractivity contribution in [1.82, 2.24) is 20.0 Å². The molecule has 1 aromatic rings. The number of likely N-dealkylation sites (tertiary alicyclic amines) is 1. The number of ether oxygens (including phenoxy) is 1. The van der Waals surface area contributed by atoms with Crippen LogP contribution >= 0.6 is 0 Å². The van der Waals surface area contributed by atoms with E-state index in [1.807, 2.05) is 25.8 Å². The Bertz CT molecular complexity index is 481. The Morgan fingerprint density at radius 1 is 1.50 bits per heavy atom. The average Bonchev–Trinajstić information content (AvgIpc) is 3.06. The molecule has 22 heavy (non-hydrogen) atoms. The quantitative estimate of drug-likeness (QED) is 0.816. The van der Waals surface area contributed by atoms with E-state index in [1.165, 1.54) is 0 Å². The van der Waals surface area contributed by atoms with Gasteiger partial charge in [-0.2, -0.15) is 5.10 Å². The van der Waals surface area contributed by atoms with Crippen molar-refractivity contribution in [1.29, 1.82) is 0 Å². The number of carbonyl (C=O) groups excluding carboxylic acids is 1. The van der Waals surface area contributed by atoms with Gasteiger partial charge < -0.3 is 14.5 Å². The first kappa shape index (κ1) is 17.0. The first-order chi connectivity index (χ1) is 10.5. The van der Waals surface area contributed by atoms with Gasteiger partial charge in [-0.25, -0.2) is 0 Å². The molecule has 1 unspecified atom stereocenters. The molecule has 6 nitrogen and oxygen atoms in total. The normalized spacial score (nSPS) is 18.8. The molecule has 1 aliphatic heterocycles. The summed E-state index contributed by atoms with van der Waals surface area (Å²) in [6.45, 7) is 8.67. The van der Waals surface area contributed by atoms with Crippen LogP contribution in [0.25, 0.3) is 0 Å². The van der Waals surface area contributed by atoms with Crippen molar-refractivity contribution < 1.29 is 9.53 Å². The van der Waals surface area contributed by atoms with Gasteiger partial charge in [0.1, 0.15) is 0 Å². The summed E-state index contributed by atoms with van der Waals surface area (Å²) in [6.07, 6.45) is 1.59. The maximum atomic E-state index is 12.4. The van der Waals surface area contributed by atoms with Gasteiger partial charge >= 0.3 is 0 Å². The summed E-state index contributed by atoms with van der Waals surface area (Å²) in [6, 6.07) is 0. The zero-order chi connectivity index (χ0) is 16.1. The summed E-state index contributed by atoms with van der Waals surface area (Å²) < 4.78 is 5.12. The van der Waals surface area contributed by atoms with Gasteiger partial charge in [-0.05, 0) is 32.7 Å². The summed E-state index contributed by atoms with van der Waals surface area (Å²) >= 11 is 0. The largest absolute Gasteiger partial charge is 0.383 e. The Balaban J connectivity index is 1.80. The molecule has 0 radical (unpaired) electrons. The third kappa shape index (κ3) is 4.30. The number of aromatic nitrogens is 2. The fraction of sp³-hybridized carbons (Fsp3) is 0.750. The maximum absolute atomic E-state index is 12.4. The molecule has 1 amide bonds. The van der Waals surface area contributed by atoms with Gasteiger partial charge in [0.2, 0.25) is 5.91 Å². The molecular formula is C16H28N4O2. The SMILES string of the molecule is COCCN1CCC(CN(C)C(=O)Cc2c(C)n[nH]c2C)C1. The molecule has 1 N–H and O–H groups in total. The Morgan fingerprint density at radius 2 is 2.27 bits per heavy atom. The van der Waals surface area contributed by atoms with Gasteiger partial charge in [0, 0.05) is 45.0 Å². The number of nitrogens with one attached hydrogen (secondary N) is 1. The van der Waals surface area contributed by atoms with E-state index in [4.69, 9.17) is 4.74 Å². The van der Waals surface area contributed by atoms with Crippen LogP contribution in [0, 0.1) is 19.8 Å². The van der Waals surface area contributed by atoms with Crippen molar-refractivity contribution in [3.8, 4) is 0 Å². The third-order valence-electron chi connectivity index (χ3n) is 4.55. The molecule has 1 aromatic heterocycles. The first-order valence-electron chi connectivity index (χ1n) is 7.97. The number of amides is 1. The molecule has 6 heteroatoms. The van der Waals surface area contributed by atoms with Crippen LogP contribution in [0.15, 0.2) is 0 Å². The van der Waals surface area contributed by atoms with Crippen LogP contribution in [-0.4, -0.2) is 72.8 Å². The van der Waals surface area contributed by atoms with Crippen LogP contribution in [0.2, 0.25) is 0 Å². The Morgan fingerprint density at radius 3 is 2.91 bits per heavy atom. The van der Waals surface area contributed by atoms with E-state index in [1.54, 1.807) is 7.11 Å². The topological polar surface area (TPSA) is 61.5 Å². The van der Waals surface area contributed by atoms with Crippen LogP contribution in [0.1, 0.15) is 23.4 Å². The lowest BCUT2D eigenvalue weighted by molar-refractivity contribution is -0.129. The van der Waals surface area contributed by atoms with E-state index in [0.717, 1.165) is 56.2 Å². The molecule has 1 atom stereocenters. The highest BCUT2D eigenvalue weighted by Gasteiger charge is 2.25. The molecule has 2 heterocycles. The molecule has 0 aliphatic carbocycles. The van der Waals surface area contributed by atoms with Gasteiger partial charge in [-0.3, -0.25) is 9.89 Å². The molecular weight excluding hydrogens is 280 g/mol. The number of likely N-dealkylation sites (N-methyl/N-ethyl adjacent to an activating group) is 1. The van der Waals surface area contributed by atoms with Crippen LogP contribution < -0.4 is 0 Å². The lowest BCUT2D eigenvalue weighted by atomic mass is 10.1. The van der Waals surface area contributed by atoms with E-state index in [0.29, 0.717) is 12.3 Å². The number of nitrogens with zero attached hydrogens (tertiary/aromatic N) is 3. The lowest BCUT2D eigenvalue weighted by Gasteiger charge is -2.22. The first-order valence-corrected chi connectivity index (χ1v) is 7.97. The maximum Gasteiger partial charge on any atom is 0.226 e. The highest BCUT2D eigenvalue weighted by Crippen LogP contribution is 2.18. The van der Waals surface area contributed by atoms with E-state index >= 15 is 0 Å². The second-order valence-corrected chi connectivity index (χ2v) is 6.31. The monoisotopic (exact) mass is 308 g/mol. The number of rotatable bonds is 7. The molecule has 124 valence electrons. The molecule has 2 rings (SSSR count). The summed E-state index contributed by atoms with van der Waals surface area (Å²) in [5.74, 6) is 0.736. The van der Waals surface area contributed by atoms with Crippen LogP contribution in [-0.2, 0) is 16.0 Å². The minimum Gasteiger partial charge on any atom is -0.383 e. The Hall–Kier alpha value is -1.40. The van der Waals surface area contributed by atoms with Crippen molar-refractivity contribution >= 4 is 5.91 Å². The second kappa shape index (κ2) is 7.74. The van der Waals surface area contributed by atoms with Crippen molar-refractivity contribution in [3.63, 3.8) is 0 Å².